The van der Waals surface area contributed by atoms with Crippen molar-refractivity contribution in [1.29, 1.82) is 0 Å². The van der Waals surface area contributed by atoms with Gasteiger partial charge in [0.15, 0.2) is 9.84 Å². The first kappa shape index (κ1) is 15.5. The summed E-state index contributed by atoms with van der Waals surface area (Å²) >= 11 is 0. The molecule has 0 N–H and O–H groups in total. The lowest BCUT2D eigenvalue weighted by Crippen LogP contribution is -2.52. The molecule has 1 aromatic rings. The predicted molar refractivity (Wildman–Crippen MR) is 85.7 cm³/mol. The number of benzene rings is 1. The number of nitrogens with zero attached hydrogens (tertiary/aromatic N) is 2. The second-order valence-electron chi connectivity index (χ2n) is 6.20. The zero-order valence-electron chi connectivity index (χ0n) is 12.9. The quantitative estimate of drug-likeness (QED) is 0.813. The van der Waals surface area contributed by atoms with Gasteiger partial charge in [-0.1, -0.05) is 18.2 Å². The van der Waals surface area contributed by atoms with Crippen LogP contribution >= 0.6 is 0 Å². The molecule has 1 amide bonds. The standard InChI is InChI=1S/C16H22N2O3S/c1-13-4-2-3-5-15(13)16(19)18-9-7-17(8-10-18)14-6-11-22(20,21)12-14/h2-5,14H,6-12H2,1H3. The molecule has 2 heterocycles. The van der Waals surface area contributed by atoms with Crippen LogP contribution in [-0.2, 0) is 9.84 Å². The Balaban J connectivity index is 1.60. The Hall–Kier alpha value is -1.40. The fourth-order valence-electron chi connectivity index (χ4n) is 3.34. The van der Waals surface area contributed by atoms with Crippen LogP contribution in [0, 0.1) is 6.92 Å². The van der Waals surface area contributed by atoms with Crippen LogP contribution in [0.15, 0.2) is 24.3 Å². The Morgan fingerprint density at radius 2 is 1.82 bits per heavy atom. The number of hydrogen-bond donors (Lipinski definition) is 0. The first-order chi connectivity index (χ1) is 10.5. The number of piperazine rings is 1. The summed E-state index contributed by atoms with van der Waals surface area (Å²) in [6.07, 6.45) is 0.730. The number of hydrogen-bond acceptors (Lipinski definition) is 4. The van der Waals surface area contributed by atoms with Gasteiger partial charge in [-0.05, 0) is 25.0 Å². The molecule has 0 spiro atoms. The third-order valence-electron chi connectivity index (χ3n) is 4.70. The van der Waals surface area contributed by atoms with E-state index in [2.05, 4.69) is 4.90 Å². The first-order valence-electron chi connectivity index (χ1n) is 7.76. The summed E-state index contributed by atoms with van der Waals surface area (Å²) in [7, 11) is -2.85. The van der Waals surface area contributed by atoms with Crippen molar-refractivity contribution in [3.8, 4) is 0 Å². The normalized spacial score (nSPS) is 25.3. The van der Waals surface area contributed by atoms with E-state index >= 15 is 0 Å². The van der Waals surface area contributed by atoms with Crippen LogP contribution in [-0.4, -0.2) is 67.9 Å². The van der Waals surface area contributed by atoms with Gasteiger partial charge in [0.2, 0.25) is 0 Å². The summed E-state index contributed by atoms with van der Waals surface area (Å²) in [6, 6.07) is 7.78. The third kappa shape index (κ3) is 3.17. The zero-order valence-corrected chi connectivity index (χ0v) is 13.7. The fourth-order valence-corrected chi connectivity index (χ4v) is 5.10. The van der Waals surface area contributed by atoms with Crippen LogP contribution in [0.3, 0.4) is 0 Å². The molecule has 2 aliphatic heterocycles. The molecule has 0 saturated carbocycles. The van der Waals surface area contributed by atoms with Crippen LogP contribution in [0.2, 0.25) is 0 Å². The Labute approximate surface area is 131 Å². The average molecular weight is 322 g/mol. The molecule has 120 valence electrons. The van der Waals surface area contributed by atoms with Crippen molar-refractivity contribution in [2.45, 2.75) is 19.4 Å². The van der Waals surface area contributed by atoms with Crippen LogP contribution in [0.5, 0.6) is 0 Å². The van der Waals surface area contributed by atoms with Gasteiger partial charge in [0.25, 0.3) is 5.91 Å². The molecule has 3 rings (SSSR count). The van der Waals surface area contributed by atoms with Gasteiger partial charge in [-0.3, -0.25) is 9.69 Å². The zero-order chi connectivity index (χ0) is 15.7. The number of sulfone groups is 1. The Kier molecular flexibility index (Phi) is 4.23. The molecule has 2 saturated heterocycles. The Bertz CT molecular complexity index is 664. The van der Waals surface area contributed by atoms with Gasteiger partial charge >= 0.3 is 0 Å². The SMILES string of the molecule is Cc1ccccc1C(=O)N1CCN(C2CCS(=O)(=O)C2)CC1. The molecule has 0 aromatic heterocycles. The molecule has 0 aliphatic carbocycles. The molecule has 22 heavy (non-hydrogen) atoms. The lowest BCUT2D eigenvalue weighted by molar-refractivity contribution is 0.0587. The van der Waals surface area contributed by atoms with Crippen molar-refractivity contribution in [3.05, 3.63) is 35.4 Å². The molecule has 0 radical (unpaired) electrons. The van der Waals surface area contributed by atoms with E-state index in [9.17, 15) is 13.2 Å². The van der Waals surface area contributed by atoms with E-state index in [0.717, 1.165) is 30.6 Å². The number of amides is 1. The Morgan fingerprint density at radius 1 is 1.14 bits per heavy atom. The molecule has 2 aliphatic rings. The molecule has 1 aromatic carbocycles. The summed E-state index contributed by atoms with van der Waals surface area (Å²) in [5.74, 6) is 0.662. The van der Waals surface area contributed by atoms with E-state index in [4.69, 9.17) is 0 Å². The van der Waals surface area contributed by atoms with E-state index in [0.29, 0.717) is 18.8 Å². The van der Waals surface area contributed by atoms with Crippen molar-refractivity contribution in [2.24, 2.45) is 0 Å². The smallest absolute Gasteiger partial charge is 0.254 e. The topological polar surface area (TPSA) is 57.7 Å². The maximum atomic E-state index is 12.6. The van der Waals surface area contributed by atoms with Crippen molar-refractivity contribution >= 4 is 15.7 Å². The highest BCUT2D eigenvalue weighted by atomic mass is 32.2. The molecule has 0 bridgehead atoms. The van der Waals surface area contributed by atoms with E-state index < -0.39 is 9.84 Å². The van der Waals surface area contributed by atoms with Gasteiger partial charge in [-0.25, -0.2) is 8.42 Å². The van der Waals surface area contributed by atoms with Crippen LogP contribution < -0.4 is 0 Å². The lowest BCUT2D eigenvalue weighted by Gasteiger charge is -2.37. The lowest BCUT2D eigenvalue weighted by atomic mass is 10.1. The largest absolute Gasteiger partial charge is 0.336 e. The van der Waals surface area contributed by atoms with Gasteiger partial charge < -0.3 is 4.90 Å². The molecule has 1 unspecified atom stereocenters. The highest BCUT2D eigenvalue weighted by Gasteiger charge is 2.34. The van der Waals surface area contributed by atoms with Gasteiger partial charge in [-0.15, -0.1) is 0 Å². The second kappa shape index (κ2) is 6.01. The van der Waals surface area contributed by atoms with Crippen molar-refractivity contribution in [1.82, 2.24) is 9.80 Å². The molecule has 1 atom stereocenters. The summed E-state index contributed by atoms with van der Waals surface area (Å²) in [5.41, 5.74) is 1.76. The maximum Gasteiger partial charge on any atom is 0.254 e. The van der Waals surface area contributed by atoms with Crippen molar-refractivity contribution < 1.29 is 13.2 Å². The van der Waals surface area contributed by atoms with E-state index in [-0.39, 0.29) is 17.7 Å². The molecule has 5 nitrogen and oxygen atoms in total. The minimum absolute atomic E-state index is 0.0804. The number of carbonyl (C=O) groups excluding carboxylic acids is 1. The first-order valence-corrected chi connectivity index (χ1v) is 9.58. The van der Waals surface area contributed by atoms with Gasteiger partial charge in [0, 0.05) is 37.8 Å². The summed E-state index contributed by atoms with van der Waals surface area (Å²) < 4.78 is 23.2. The summed E-state index contributed by atoms with van der Waals surface area (Å²) in [5, 5.41) is 0. The van der Waals surface area contributed by atoms with Gasteiger partial charge in [0.1, 0.15) is 0 Å². The molecular formula is C16H22N2O3S. The van der Waals surface area contributed by atoms with E-state index in [1.807, 2.05) is 36.1 Å². The van der Waals surface area contributed by atoms with Gasteiger partial charge in [0.05, 0.1) is 11.5 Å². The van der Waals surface area contributed by atoms with Crippen molar-refractivity contribution in [2.75, 3.05) is 37.7 Å². The predicted octanol–water partition coefficient (Wildman–Crippen LogP) is 0.940. The average Bonchev–Trinajstić information content (AvgIpc) is 2.87. The second-order valence-corrected chi connectivity index (χ2v) is 8.43. The molecule has 6 heteroatoms. The number of carbonyl (C=O) groups is 1. The summed E-state index contributed by atoms with van der Waals surface area (Å²) in [6.45, 7) is 4.82. The van der Waals surface area contributed by atoms with E-state index in [1.165, 1.54) is 0 Å². The van der Waals surface area contributed by atoms with E-state index in [1.54, 1.807) is 0 Å². The maximum absolute atomic E-state index is 12.6. The monoisotopic (exact) mass is 322 g/mol. The number of aryl methyl sites for hydroxylation is 1. The minimum Gasteiger partial charge on any atom is -0.336 e. The Morgan fingerprint density at radius 3 is 2.41 bits per heavy atom. The fraction of sp³-hybridized carbons (Fsp3) is 0.562. The highest BCUT2D eigenvalue weighted by Crippen LogP contribution is 2.20. The molecular weight excluding hydrogens is 300 g/mol. The van der Waals surface area contributed by atoms with Crippen LogP contribution in [0.4, 0.5) is 0 Å². The van der Waals surface area contributed by atoms with Crippen LogP contribution in [0.1, 0.15) is 22.3 Å². The van der Waals surface area contributed by atoms with Gasteiger partial charge in [-0.2, -0.15) is 0 Å². The number of rotatable bonds is 2. The summed E-state index contributed by atoms with van der Waals surface area (Å²) in [4.78, 5) is 16.7. The molecule has 2 fully saturated rings. The minimum atomic E-state index is -2.85. The third-order valence-corrected chi connectivity index (χ3v) is 6.45. The highest BCUT2D eigenvalue weighted by molar-refractivity contribution is 7.91. The van der Waals surface area contributed by atoms with Crippen LogP contribution in [0.25, 0.3) is 0 Å². The van der Waals surface area contributed by atoms with Crippen molar-refractivity contribution in [3.63, 3.8) is 0 Å².